The van der Waals surface area contributed by atoms with Crippen molar-refractivity contribution in [3.8, 4) is 0 Å². The van der Waals surface area contributed by atoms with Gasteiger partial charge in [-0.15, -0.1) is 0 Å². The summed E-state index contributed by atoms with van der Waals surface area (Å²) in [4.78, 5) is 11.2. The van der Waals surface area contributed by atoms with Crippen LogP contribution in [-0.4, -0.2) is 18.2 Å². The lowest BCUT2D eigenvalue weighted by atomic mass is 9.92. The van der Waals surface area contributed by atoms with Crippen molar-refractivity contribution in [3.05, 3.63) is 12.2 Å². The summed E-state index contributed by atoms with van der Waals surface area (Å²) >= 11 is 0. The van der Waals surface area contributed by atoms with Crippen LogP contribution in [0.1, 0.15) is 40.0 Å². The molecule has 3 nitrogen and oxygen atoms in total. The lowest BCUT2D eigenvalue weighted by molar-refractivity contribution is 0.106. The van der Waals surface area contributed by atoms with E-state index in [9.17, 15) is 4.79 Å². The van der Waals surface area contributed by atoms with Crippen LogP contribution in [0.3, 0.4) is 0 Å². The standard InChI is InChI=1S/C12H21NO2/c1-5-6-7-9(4)10-11(8(2)3)15-12(14)13-10/h8,10-11H,4-7H2,1-3H3,(H,13,14)/t10-,11+/m0/s1. The molecular formula is C12H21NO2. The van der Waals surface area contributed by atoms with Crippen molar-refractivity contribution < 1.29 is 9.53 Å². The van der Waals surface area contributed by atoms with Gasteiger partial charge in [0.15, 0.2) is 0 Å². The zero-order chi connectivity index (χ0) is 11.4. The highest BCUT2D eigenvalue weighted by atomic mass is 16.6. The van der Waals surface area contributed by atoms with Gasteiger partial charge in [0.25, 0.3) is 0 Å². The minimum Gasteiger partial charge on any atom is -0.443 e. The molecule has 0 bridgehead atoms. The van der Waals surface area contributed by atoms with Gasteiger partial charge in [-0.1, -0.05) is 39.3 Å². The first kappa shape index (κ1) is 12.1. The van der Waals surface area contributed by atoms with Crippen LogP contribution in [0.25, 0.3) is 0 Å². The summed E-state index contributed by atoms with van der Waals surface area (Å²) in [5.74, 6) is 0.326. The Hall–Kier alpha value is -0.990. The van der Waals surface area contributed by atoms with E-state index in [2.05, 4.69) is 32.7 Å². The van der Waals surface area contributed by atoms with Crippen LogP contribution in [0.5, 0.6) is 0 Å². The summed E-state index contributed by atoms with van der Waals surface area (Å²) < 4.78 is 5.23. The molecule has 0 aliphatic carbocycles. The zero-order valence-electron chi connectivity index (χ0n) is 9.88. The first-order valence-electron chi connectivity index (χ1n) is 5.71. The third-order valence-electron chi connectivity index (χ3n) is 2.79. The van der Waals surface area contributed by atoms with E-state index in [-0.39, 0.29) is 18.2 Å². The third kappa shape index (κ3) is 2.98. The van der Waals surface area contributed by atoms with Crippen molar-refractivity contribution >= 4 is 6.09 Å². The predicted octanol–water partition coefficient (Wildman–Crippen LogP) is 2.87. The van der Waals surface area contributed by atoms with Gasteiger partial charge in [0.05, 0.1) is 6.04 Å². The Bertz CT molecular complexity index is 248. The molecule has 1 saturated heterocycles. The fourth-order valence-electron chi connectivity index (χ4n) is 1.85. The van der Waals surface area contributed by atoms with Gasteiger partial charge in [-0.2, -0.15) is 0 Å². The lowest BCUT2D eigenvalue weighted by Gasteiger charge is -2.21. The van der Waals surface area contributed by atoms with Gasteiger partial charge in [0.2, 0.25) is 0 Å². The van der Waals surface area contributed by atoms with Crippen LogP contribution in [0.2, 0.25) is 0 Å². The molecule has 0 spiro atoms. The van der Waals surface area contributed by atoms with Crippen molar-refractivity contribution in [2.45, 2.75) is 52.2 Å². The van der Waals surface area contributed by atoms with Gasteiger partial charge in [0.1, 0.15) is 6.10 Å². The second kappa shape index (κ2) is 5.19. The number of carbonyl (C=O) groups excluding carboxylic acids is 1. The van der Waals surface area contributed by atoms with Gasteiger partial charge in [-0.05, 0) is 18.8 Å². The van der Waals surface area contributed by atoms with E-state index < -0.39 is 0 Å². The minimum atomic E-state index is -0.309. The van der Waals surface area contributed by atoms with Gasteiger partial charge < -0.3 is 10.1 Å². The second-order valence-electron chi connectivity index (χ2n) is 4.50. The molecule has 1 rings (SSSR count). The summed E-state index contributed by atoms with van der Waals surface area (Å²) in [5.41, 5.74) is 1.08. The minimum absolute atomic E-state index is 0.00375. The van der Waals surface area contributed by atoms with E-state index >= 15 is 0 Å². The summed E-state index contributed by atoms with van der Waals surface area (Å²) in [5, 5.41) is 2.83. The molecule has 86 valence electrons. The van der Waals surface area contributed by atoms with Crippen molar-refractivity contribution in [1.82, 2.24) is 5.32 Å². The summed E-state index contributed by atoms with van der Waals surface area (Å²) in [6.07, 6.45) is 2.87. The van der Waals surface area contributed by atoms with Crippen molar-refractivity contribution in [2.24, 2.45) is 5.92 Å². The Morgan fingerprint density at radius 2 is 2.27 bits per heavy atom. The van der Waals surface area contributed by atoms with Crippen LogP contribution in [0.15, 0.2) is 12.2 Å². The number of ether oxygens (including phenoxy) is 1. The molecule has 3 heteroatoms. The average molecular weight is 211 g/mol. The van der Waals surface area contributed by atoms with Gasteiger partial charge in [0, 0.05) is 0 Å². The van der Waals surface area contributed by atoms with Crippen LogP contribution in [-0.2, 0) is 4.74 Å². The Kier molecular flexibility index (Phi) is 4.18. The molecule has 1 aliphatic rings. The van der Waals surface area contributed by atoms with Crippen molar-refractivity contribution in [3.63, 3.8) is 0 Å². The average Bonchev–Trinajstić information content (AvgIpc) is 2.57. The predicted molar refractivity (Wildman–Crippen MR) is 60.7 cm³/mol. The van der Waals surface area contributed by atoms with E-state index in [1.807, 2.05) is 0 Å². The number of carbonyl (C=O) groups is 1. The van der Waals surface area contributed by atoms with Crippen molar-refractivity contribution in [1.29, 1.82) is 0 Å². The smallest absolute Gasteiger partial charge is 0.408 e. The molecule has 1 fully saturated rings. The fourth-order valence-corrected chi connectivity index (χ4v) is 1.85. The number of cyclic esters (lactones) is 1. The van der Waals surface area contributed by atoms with Crippen molar-refractivity contribution in [2.75, 3.05) is 0 Å². The van der Waals surface area contributed by atoms with E-state index in [0.29, 0.717) is 5.92 Å². The highest BCUT2D eigenvalue weighted by Crippen LogP contribution is 2.24. The topological polar surface area (TPSA) is 38.3 Å². The highest BCUT2D eigenvalue weighted by molar-refractivity contribution is 5.71. The molecule has 2 atom stereocenters. The number of nitrogens with one attached hydrogen (secondary N) is 1. The summed E-state index contributed by atoms with van der Waals surface area (Å²) in [7, 11) is 0. The van der Waals surface area contributed by atoms with Crippen LogP contribution in [0, 0.1) is 5.92 Å². The molecule has 0 aromatic rings. The Morgan fingerprint density at radius 1 is 1.60 bits per heavy atom. The van der Waals surface area contributed by atoms with Gasteiger partial charge >= 0.3 is 6.09 Å². The Morgan fingerprint density at radius 3 is 2.80 bits per heavy atom. The summed E-state index contributed by atoms with van der Waals surface area (Å²) in [6.45, 7) is 10.3. The zero-order valence-corrected chi connectivity index (χ0v) is 9.88. The van der Waals surface area contributed by atoms with Crippen LogP contribution >= 0.6 is 0 Å². The maximum Gasteiger partial charge on any atom is 0.408 e. The number of alkyl carbamates (subject to hydrolysis) is 1. The molecular weight excluding hydrogens is 190 g/mol. The van der Waals surface area contributed by atoms with E-state index in [1.165, 1.54) is 0 Å². The lowest BCUT2D eigenvalue weighted by Crippen LogP contribution is -2.35. The largest absolute Gasteiger partial charge is 0.443 e. The quantitative estimate of drug-likeness (QED) is 0.710. The number of hydrogen-bond donors (Lipinski definition) is 1. The molecule has 0 saturated carbocycles. The summed E-state index contributed by atoms with van der Waals surface area (Å²) in [6, 6.07) is 0.00375. The number of unbranched alkanes of at least 4 members (excludes halogenated alkanes) is 1. The van der Waals surface area contributed by atoms with Gasteiger partial charge in [-0.3, -0.25) is 0 Å². The number of amides is 1. The molecule has 1 heterocycles. The monoisotopic (exact) mass is 211 g/mol. The molecule has 1 amide bonds. The molecule has 0 aromatic carbocycles. The SMILES string of the molecule is C=C(CCCC)[C@@H]1NC(=O)O[C@@H]1C(C)C. The van der Waals surface area contributed by atoms with E-state index in [4.69, 9.17) is 4.74 Å². The third-order valence-corrected chi connectivity index (χ3v) is 2.79. The van der Waals surface area contributed by atoms with E-state index in [0.717, 1.165) is 24.8 Å². The maximum absolute atomic E-state index is 11.2. The second-order valence-corrected chi connectivity index (χ2v) is 4.50. The number of rotatable bonds is 5. The van der Waals surface area contributed by atoms with Crippen LogP contribution < -0.4 is 5.32 Å². The van der Waals surface area contributed by atoms with Gasteiger partial charge in [-0.25, -0.2) is 4.79 Å². The first-order valence-corrected chi connectivity index (χ1v) is 5.71. The number of hydrogen-bond acceptors (Lipinski definition) is 2. The normalized spacial score (nSPS) is 25.2. The highest BCUT2D eigenvalue weighted by Gasteiger charge is 2.37. The van der Waals surface area contributed by atoms with E-state index in [1.54, 1.807) is 0 Å². The molecule has 15 heavy (non-hydrogen) atoms. The molecule has 1 N–H and O–H groups in total. The molecule has 0 unspecified atom stereocenters. The Labute approximate surface area is 91.9 Å². The molecule has 0 aromatic heterocycles. The maximum atomic E-state index is 11.2. The Balaban J connectivity index is 2.58. The molecule has 1 aliphatic heterocycles. The van der Waals surface area contributed by atoms with Crippen LogP contribution in [0.4, 0.5) is 4.79 Å². The molecule has 0 radical (unpaired) electrons. The first-order chi connectivity index (χ1) is 7.06. The fraction of sp³-hybridized carbons (Fsp3) is 0.750.